The summed E-state index contributed by atoms with van der Waals surface area (Å²) in [5.74, 6) is -0.304. The minimum atomic E-state index is -0.234. The van der Waals surface area contributed by atoms with Crippen molar-refractivity contribution in [1.29, 1.82) is 0 Å². The summed E-state index contributed by atoms with van der Waals surface area (Å²) in [5.41, 5.74) is 1.13. The van der Waals surface area contributed by atoms with Gasteiger partial charge in [0.15, 0.2) is 5.13 Å². The predicted molar refractivity (Wildman–Crippen MR) is 108 cm³/mol. The van der Waals surface area contributed by atoms with Gasteiger partial charge in [0.25, 0.3) is 0 Å². The van der Waals surface area contributed by atoms with E-state index in [1.54, 1.807) is 16.5 Å². The van der Waals surface area contributed by atoms with E-state index in [2.05, 4.69) is 26.0 Å². The van der Waals surface area contributed by atoms with Crippen LogP contribution >= 0.6 is 11.3 Å². The maximum absolute atomic E-state index is 12.3. The minimum absolute atomic E-state index is 0.0705. The molecule has 2 fully saturated rings. The Hall–Kier alpha value is -2.95. The molecule has 29 heavy (non-hydrogen) atoms. The van der Waals surface area contributed by atoms with Crippen LogP contribution in [0, 0.1) is 0 Å². The number of hydrogen-bond donors (Lipinski definition) is 3. The molecule has 1 saturated carbocycles. The molecule has 0 bridgehead atoms. The Morgan fingerprint density at radius 3 is 2.86 bits per heavy atom. The Kier molecular flexibility index (Phi) is 5.74. The van der Waals surface area contributed by atoms with Crippen LogP contribution in [-0.4, -0.2) is 51.7 Å². The monoisotopic (exact) mass is 417 g/mol. The molecular weight excluding hydrogens is 394 g/mol. The number of hydrogen-bond acceptors (Lipinski definition) is 6. The molecule has 0 radical (unpaired) electrons. The van der Waals surface area contributed by atoms with Gasteiger partial charge >= 0.3 is 6.03 Å². The molecule has 1 aliphatic carbocycles. The molecule has 4 amide bonds. The second-order valence-corrected chi connectivity index (χ2v) is 8.04. The lowest BCUT2D eigenvalue weighted by atomic mass is 10.2. The van der Waals surface area contributed by atoms with Gasteiger partial charge in [0.2, 0.25) is 11.8 Å². The van der Waals surface area contributed by atoms with Gasteiger partial charge in [0.05, 0.1) is 24.0 Å². The van der Waals surface area contributed by atoms with Crippen molar-refractivity contribution in [3.63, 3.8) is 0 Å². The molecule has 4 rings (SSSR count). The maximum Gasteiger partial charge on any atom is 0.323 e. The SMILES string of the molecule is O=C(Cc1csc(N2CCNC2=O)n1)Nc1cnn(CC(=O)NC2CCCC2)c1. The number of carbonyl (C=O) groups excluding carboxylic acids is 3. The summed E-state index contributed by atoms with van der Waals surface area (Å²) in [5, 5.41) is 15.0. The third kappa shape index (κ3) is 4.91. The predicted octanol–water partition coefficient (Wildman–Crippen LogP) is 1.11. The number of anilines is 2. The van der Waals surface area contributed by atoms with Crippen molar-refractivity contribution in [1.82, 2.24) is 25.4 Å². The molecule has 3 heterocycles. The van der Waals surface area contributed by atoms with Crippen LogP contribution in [0.25, 0.3) is 0 Å². The number of thiazole rings is 1. The van der Waals surface area contributed by atoms with Gasteiger partial charge in [0, 0.05) is 30.7 Å². The maximum atomic E-state index is 12.3. The van der Waals surface area contributed by atoms with Crippen molar-refractivity contribution < 1.29 is 14.4 Å². The molecule has 0 atom stereocenters. The first-order chi connectivity index (χ1) is 14.1. The second-order valence-electron chi connectivity index (χ2n) is 7.21. The largest absolute Gasteiger partial charge is 0.352 e. The van der Waals surface area contributed by atoms with Gasteiger partial charge in [-0.25, -0.2) is 9.78 Å². The van der Waals surface area contributed by atoms with E-state index < -0.39 is 0 Å². The van der Waals surface area contributed by atoms with Crippen LogP contribution in [0.1, 0.15) is 31.4 Å². The summed E-state index contributed by atoms with van der Waals surface area (Å²) < 4.78 is 1.51. The van der Waals surface area contributed by atoms with E-state index in [4.69, 9.17) is 0 Å². The molecule has 10 nitrogen and oxygen atoms in total. The lowest BCUT2D eigenvalue weighted by molar-refractivity contribution is -0.122. The van der Waals surface area contributed by atoms with Gasteiger partial charge in [-0.3, -0.25) is 19.2 Å². The summed E-state index contributed by atoms with van der Waals surface area (Å²) in [6.45, 7) is 1.29. The fourth-order valence-electron chi connectivity index (χ4n) is 3.53. The van der Waals surface area contributed by atoms with Gasteiger partial charge in [-0.05, 0) is 12.8 Å². The molecule has 2 aliphatic rings. The standard InChI is InChI=1S/C18H23N7O3S/c26-15(7-13-11-29-18(23-13)25-6-5-19-17(25)28)22-14-8-20-24(9-14)10-16(27)21-12-3-1-2-4-12/h8-9,11-12H,1-7,10H2,(H,19,28)(H,21,27)(H,22,26). The highest BCUT2D eigenvalue weighted by Gasteiger charge is 2.24. The van der Waals surface area contributed by atoms with Crippen molar-refractivity contribution in [3.05, 3.63) is 23.5 Å². The summed E-state index contributed by atoms with van der Waals surface area (Å²) in [6.07, 6.45) is 7.64. The van der Waals surface area contributed by atoms with Crippen molar-refractivity contribution in [2.24, 2.45) is 0 Å². The molecule has 2 aromatic rings. The van der Waals surface area contributed by atoms with Crippen molar-refractivity contribution >= 4 is 40.0 Å². The topological polar surface area (TPSA) is 121 Å². The van der Waals surface area contributed by atoms with Crippen LogP contribution < -0.4 is 20.9 Å². The first kappa shape index (κ1) is 19.4. The summed E-state index contributed by atoms with van der Waals surface area (Å²) in [4.78, 5) is 42.0. The van der Waals surface area contributed by atoms with E-state index in [0.717, 1.165) is 25.7 Å². The number of urea groups is 1. The normalized spacial score (nSPS) is 16.8. The zero-order valence-corrected chi connectivity index (χ0v) is 16.7. The van der Waals surface area contributed by atoms with Crippen LogP contribution in [0.3, 0.4) is 0 Å². The number of nitrogens with one attached hydrogen (secondary N) is 3. The Bertz CT molecular complexity index is 903. The van der Waals surface area contributed by atoms with Crippen LogP contribution in [0.5, 0.6) is 0 Å². The lowest BCUT2D eigenvalue weighted by Crippen LogP contribution is -2.35. The van der Waals surface area contributed by atoms with Crippen molar-refractivity contribution in [2.75, 3.05) is 23.3 Å². The van der Waals surface area contributed by atoms with E-state index in [9.17, 15) is 14.4 Å². The third-order valence-electron chi connectivity index (χ3n) is 4.91. The highest BCUT2D eigenvalue weighted by Crippen LogP contribution is 2.22. The Balaban J connectivity index is 1.26. The van der Waals surface area contributed by atoms with Crippen molar-refractivity contribution in [2.45, 2.75) is 44.7 Å². The molecule has 154 valence electrons. The van der Waals surface area contributed by atoms with E-state index >= 15 is 0 Å². The highest BCUT2D eigenvalue weighted by atomic mass is 32.1. The zero-order valence-electron chi connectivity index (χ0n) is 15.9. The lowest BCUT2D eigenvalue weighted by Gasteiger charge is -2.11. The van der Waals surface area contributed by atoms with E-state index in [-0.39, 0.29) is 36.9 Å². The zero-order chi connectivity index (χ0) is 20.2. The van der Waals surface area contributed by atoms with E-state index in [0.29, 0.717) is 29.6 Å². The van der Waals surface area contributed by atoms with Crippen LogP contribution in [0.2, 0.25) is 0 Å². The summed E-state index contributed by atoms with van der Waals surface area (Å²) in [7, 11) is 0. The van der Waals surface area contributed by atoms with Crippen LogP contribution in [0.4, 0.5) is 15.6 Å². The molecular formula is C18H23N7O3S. The number of aromatic nitrogens is 3. The van der Waals surface area contributed by atoms with Crippen LogP contribution in [0.15, 0.2) is 17.8 Å². The molecule has 1 saturated heterocycles. The molecule has 3 N–H and O–H groups in total. The number of amides is 4. The number of rotatable bonds is 7. The van der Waals surface area contributed by atoms with E-state index in [1.165, 1.54) is 22.2 Å². The average Bonchev–Trinajstić information content (AvgIpc) is 3.44. The van der Waals surface area contributed by atoms with Gasteiger partial charge < -0.3 is 16.0 Å². The van der Waals surface area contributed by atoms with Gasteiger partial charge in [0.1, 0.15) is 6.54 Å². The fraction of sp³-hybridized carbons (Fsp3) is 0.500. The Labute approximate surface area is 171 Å². The van der Waals surface area contributed by atoms with Crippen LogP contribution in [-0.2, 0) is 22.6 Å². The average molecular weight is 417 g/mol. The van der Waals surface area contributed by atoms with Gasteiger partial charge in [-0.1, -0.05) is 12.8 Å². The molecule has 1 aliphatic heterocycles. The third-order valence-corrected chi connectivity index (χ3v) is 5.82. The van der Waals surface area contributed by atoms with Gasteiger partial charge in [-0.15, -0.1) is 11.3 Å². The van der Waals surface area contributed by atoms with Crippen molar-refractivity contribution in [3.8, 4) is 0 Å². The summed E-state index contributed by atoms with van der Waals surface area (Å²) >= 11 is 1.34. The molecule has 0 unspecified atom stereocenters. The molecule has 11 heteroatoms. The first-order valence-corrected chi connectivity index (χ1v) is 10.6. The quantitative estimate of drug-likeness (QED) is 0.623. The highest BCUT2D eigenvalue weighted by molar-refractivity contribution is 7.14. The number of nitrogens with zero attached hydrogens (tertiary/aromatic N) is 4. The smallest absolute Gasteiger partial charge is 0.323 e. The molecule has 2 aromatic heterocycles. The molecule has 0 aromatic carbocycles. The van der Waals surface area contributed by atoms with Gasteiger partial charge in [-0.2, -0.15) is 5.10 Å². The molecule has 0 spiro atoms. The summed E-state index contributed by atoms with van der Waals surface area (Å²) in [6, 6.07) is 0.103. The minimum Gasteiger partial charge on any atom is -0.352 e. The first-order valence-electron chi connectivity index (χ1n) is 9.68. The Morgan fingerprint density at radius 2 is 2.10 bits per heavy atom. The fourth-order valence-corrected chi connectivity index (χ4v) is 4.38. The second kappa shape index (κ2) is 8.60. The Morgan fingerprint density at radius 1 is 1.28 bits per heavy atom. The van der Waals surface area contributed by atoms with E-state index in [1.807, 2.05) is 0 Å². The number of carbonyl (C=O) groups is 3.